The molecule has 0 radical (unpaired) electrons. The molecule has 1 aromatic carbocycles. The van der Waals surface area contributed by atoms with Crippen LogP contribution in [0.2, 0.25) is 0 Å². The Hall–Kier alpha value is -1.96. The lowest BCUT2D eigenvalue weighted by atomic mass is 10.1. The first-order chi connectivity index (χ1) is 10.0. The Morgan fingerprint density at radius 3 is 2.76 bits per heavy atom. The molecule has 0 fully saturated rings. The molecule has 8 heteroatoms. The van der Waals surface area contributed by atoms with Crippen molar-refractivity contribution < 1.29 is 18.7 Å². The molecule has 1 aromatic heterocycles. The van der Waals surface area contributed by atoms with Crippen molar-refractivity contribution in [1.29, 1.82) is 0 Å². The molecule has 21 heavy (non-hydrogen) atoms. The fraction of sp³-hybridized carbons (Fsp3) is 0.308. The van der Waals surface area contributed by atoms with Crippen molar-refractivity contribution in [2.24, 2.45) is 0 Å². The van der Waals surface area contributed by atoms with Crippen LogP contribution < -0.4 is 0 Å². The molecule has 2 rings (SSSR count). The van der Waals surface area contributed by atoms with Crippen LogP contribution in [0.15, 0.2) is 23.4 Å². The number of nitrogens with zero attached hydrogens (tertiary/aromatic N) is 3. The molecular formula is C13H13F2N3O2S. The van der Waals surface area contributed by atoms with E-state index < -0.39 is 17.6 Å². The van der Waals surface area contributed by atoms with E-state index in [1.165, 1.54) is 12.1 Å². The Balaban J connectivity index is 2.21. The van der Waals surface area contributed by atoms with Gasteiger partial charge in [0.2, 0.25) is 0 Å². The molecule has 0 amide bonds. The van der Waals surface area contributed by atoms with Gasteiger partial charge >= 0.3 is 5.97 Å². The zero-order valence-electron chi connectivity index (χ0n) is 11.2. The summed E-state index contributed by atoms with van der Waals surface area (Å²) in [5.41, 5.74) is 0.313. The van der Waals surface area contributed by atoms with Gasteiger partial charge in [0.05, 0.1) is 5.75 Å². The fourth-order valence-corrected chi connectivity index (χ4v) is 2.58. The lowest BCUT2D eigenvalue weighted by molar-refractivity contribution is -0.133. The normalized spacial score (nSPS) is 10.8. The number of thioether (sulfide) groups is 1. The lowest BCUT2D eigenvalue weighted by Gasteiger charge is -2.07. The molecule has 0 aliphatic rings. The summed E-state index contributed by atoms with van der Waals surface area (Å²) in [5.74, 6) is -1.83. The third-order valence-electron chi connectivity index (χ3n) is 2.80. The van der Waals surface area contributed by atoms with Crippen molar-refractivity contribution in [2.75, 3.05) is 5.75 Å². The van der Waals surface area contributed by atoms with Gasteiger partial charge in [0, 0.05) is 19.0 Å². The molecule has 0 atom stereocenters. The average Bonchev–Trinajstić information content (AvgIpc) is 2.81. The molecule has 0 spiro atoms. The average molecular weight is 313 g/mol. The number of carboxylic acid groups (broad SMARTS) is 1. The first-order valence-electron chi connectivity index (χ1n) is 6.21. The van der Waals surface area contributed by atoms with Crippen LogP contribution >= 0.6 is 11.8 Å². The number of hydrogen-bond donors (Lipinski definition) is 1. The summed E-state index contributed by atoms with van der Waals surface area (Å²) >= 11 is 1.05. The van der Waals surface area contributed by atoms with Crippen molar-refractivity contribution in [3.8, 4) is 0 Å². The number of benzene rings is 1. The molecule has 0 saturated carbocycles. The Labute approximate surface area is 124 Å². The van der Waals surface area contributed by atoms with E-state index in [0.29, 0.717) is 23.1 Å². The minimum absolute atomic E-state index is 0.122. The van der Waals surface area contributed by atoms with Crippen LogP contribution in [0.25, 0.3) is 0 Å². The lowest BCUT2D eigenvalue weighted by Crippen LogP contribution is -2.06. The summed E-state index contributed by atoms with van der Waals surface area (Å²) < 4.78 is 28.3. The predicted octanol–water partition coefficient (Wildman–Crippen LogP) is 2.34. The van der Waals surface area contributed by atoms with E-state index in [-0.39, 0.29) is 12.2 Å². The SMILES string of the molecule is CCn1c(Cc2ccc(F)cc2F)nnc1SCC(=O)O. The van der Waals surface area contributed by atoms with E-state index in [9.17, 15) is 13.6 Å². The summed E-state index contributed by atoms with van der Waals surface area (Å²) in [4.78, 5) is 10.6. The minimum Gasteiger partial charge on any atom is -0.481 e. The topological polar surface area (TPSA) is 68.0 Å². The van der Waals surface area contributed by atoms with Gasteiger partial charge in [0.15, 0.2) is 5.16 Å². The maximum Gasteiger partial charge on any atom is 0.313 e. The number of rotatable bonds is 6. The Morgan fingerprint density at radius 1 is 1.38 bits per heavy atom. The highest BCUT2D eigenvalue weighted by molar-refractivity contribution is 7.99. The molecule has 2 aromatic rings. The highest BCUT2D eigenvalue weighted by atomic mass is 32.2. The largest absolute Gasteiger partial charge is 0.481 e. The van der Waals surface area contributed by atoms with Crippen LogP contribution in [0.1, 0.15) is 18.3 Å². The summed E-state index contributed by atoms with van der Waals surface area (Å²) in [6.45, 7) is 2.39. The second-order valence-corrected chi connectivity index (χ2v) is 5.18. The maximum absolute atomic E-state index is 13.7. The van der Waals surface area contributed by atoms with Crippen molar-refractivity contribution in [2.45, 2.75) is 25.0 Å². The summed E-state index contributed by atoms with van der Waals surface area (Å²) in [7, 11) is 0. The third kappa shape index (κ3) is 3.78. The van der Waals surface area contributed by atoms with E-state index in [0.717, 1.165) is 17.8 Å². The minimum atomic E-state index is -0.947. The summed E-state index contributed by atoms with van der Waals surface area (Å²) in [6.07, 6.45) is 0.167. The third-order valence-corrected chi connectivity index (χ3v) is 3.75. The van der Waals surface area contributed by atoms with Gasteiger partial charge in [-0.3, -0.25) is 4.79 Å². The number of halogens is 2. The van der Waals surface area contributed by atoms with Crippen LogP contribution in [0.5, 0.6) is 0 Å². The summed E-state index contributed by atoms with van der Waals surface area (Å²) in [5, 5.41) is 17.0. The molecule has 112 valence electrons. The van der Waals surface area contributed by atoms with Gasteiger partial charge in [-0.1, -0.05) is 17.8 Å². The van der Waals surface area contributed by atoms with E-state index >= 15 is 0 Å². The zero-order valence-corrected chi connectivity index (χ0v) is 12.0. The molecule has 0 unspecified atom stereocenters. The van der Waals surface area contributed by atoms with Crippen LogP contribution in [0.3, 0.4) is 0 Å². The van der Waals surface area contributed by atoms with E-state index in [4.69, 9.17) is 5.11 Å². The van der Waals surface area contributed by atoms with E-state index in [1.54, 1.807) is 4.57 Å². The first kappa shape index (κ1) is 15.4. The van der Waals surface area contributed by atoms with Crippen LogP contribution in [-0.2, 0) is 17.8 Å². The molecular weight excluding hydrogens is 300 g/mol. The van der Waals surface area contributed by atoms with Crippen LogP contribution in [0.4, 0.5) is 8.78 Å². The molecule has 0 aliphatic carbocycles. The Morgan fingerprint density at radius 2 is 2.14 bits per heavy atom. The molecule has 1 N–H and O–H groups in total. The molecule has 0 aliphatic heterocycles. The van der Waals surface area contributed by atoms with Gasteiger partial charge in [0.25, 0.3) is 0 Å². The fourth-order valence-electron chi connectivity index (χ4n) is 1.84. The standard InChI is InChI=1S/C13H13F2N3O2S/c1-2-18-11(16-17-13(18)21-7-12(19)20)5-8-3-4-9(14)6-10(8)15/h3-4,6H,2,5,7H2,1H3,(H,19,20). The first-order valence-corrected chi connectivity index (χ1v) is 7.20. The highest BCUT2D eigenvalue weighted by Crippen LogP contribution is 2.20. The number of aromatic nitrogens is 3. The van der Waals surface area contributed by atoms with Crippen molar-refractivity contribution in [1.82, 2.24) is 14.8 Å². The maximum atomic E-state index is 13.7. The zero-order chi connectivity index (χ0) is 15.4. The second kappa shape index (κ2) is 6.66. The molecule has 0 bridgehead atoms. The number of carbonyl (C=O) groups is 1. The molecule has 0 saturated heterocycles. The summed E-state index contributed by atoms with van der Waals surface area (Å²) in [6, 6.07) is 3.37. The number of aliphatic carboxylic acids is 1. The smallest absolute Gasteiger partial charge is 0.313 e. The van der Waals surface area contributed by atoms with E-state index in [2.05, 4.69) is 10.2 Å². The van der Waals surface area contributed by atoms with Gasteiger partial charge in [-0.2, -0.15) is 0 Å². The highest BCUT2D eigenvalue weighted by Gasteiger charge is 2.15. The van der Waals surface area contributed by atoms with Gasteiger partial charge in [-0.15, -0.1) is 10.2 Å². The van der Waals surface area contributed by atoms with E-state index in [1.807, 2.05) is 6.92 Å². The number of carboxylic acids is 1. The molecule has 5 nitrogen and oxygen atoms in total. The Bertz CT molecular complexity index is 661. The Kier molecular flexibility index (Phi) is 4.89. The van der Waals surface area contributed by atoms with Gasteiger partial charge in [-0.25, -0.2) is 8.78 Å². The molecule has 1 heterocycles. The van der Waals surface area contributed by atoms with Crippen molar-refractivity contribution >= 4 is 17.7 Å². The van der Waals surface area contributed by atoms with Crippen molar-refractivity contribution in [3.05, 3.63) is 41.2 Å². The predicted molar refractivity (Wildman–Crippen MR) is 73.2 cm³/mol. The second-order valence-electron chi connectivity index (χ2n) is 4.24. The quantitative estimate of drug-likeness (QED) is 0.829. The van der Waals surface area contributed by atoms with Gasteiger partial charge in [0.1, 0.15) is 17.5 Å². The monoisotopic (exact) mass is 313 g/mol. The van der Waals surface area contributed by atoms with Gasteiger partial charge < -0.3 is 9.67 Å². The van der Waals surface area contributed by atoms with Crippen LogP contribution in [-0.4, -0.2) is 31.6 Å². The van der Waals surface area contributed by atoms with Crippen LogP contribution in [0, 0.1) is 11.6 Å². The van der Waals surface area contributed by atoms with Gasteiger partial charge in [-0.05, 0) is 18.6 Å². The van der Waals surface area contributed by atoms with Crippen molar-refractivity contribution in [3.63, 3.8) is 0 Å². The number of hydrogen-bond acceptors (Lipinski definition) is 4.